The highest BCUT2D eigenvalue weighted by molar-refractivity contribution is 6.30. The van der Waals surface area contributed by atoms with Crippen molar-refractivity contribution in [1.82, 2.24) is 5.32 Å². The number of nitrogens with one attached hydrogen (secondary N) is 1. The van der Waals surface area contributed by atoms with Gasteiger partial charge in [0.25, 0.3) is 11.8 Å². The second kappa shape index (κ2) is 8.94. The lowest BCUT2D eigenvalue weighted by Gasteiger charge is -2.11. The van der Waals surface area contributed by atoms with Gasteiger partial charge in [-0.3, -0.25) is 9.59 Å². The molecule has 2 amide bonds. The Morgan fingerprint density at radius 3 is 2.48 bits per heavy atom. The number of halogens is 1. The molecule has 0 unspecified atom stereocenters. The van der Waals surface area contributed by atoms with E-state index < -0.39 is 5.91 Å². The molecule has 6 nitrogen and oxygen atoms in total. The van der Waals surface area contributed by atoms with Crippen LogP contribution in [0.1, 0.15) is 15.9 Å². The average Bonchev–Trinajstić information content (AvgIpc) is 2.61. The van der Waals surface area contributed by atoms with E-state index in [1.165, 1.54) is 7.11 Å². The molecule has 0 aromatic heterocycles. The van der Waals surface area contributed by atoms with Gasteiger partial charge >= 0.3 is 0 Å². The molecule has 7 heteroatoms. The van der Waals surface area contributed by atoms with Gasteiger partial charge in [-0.05, 0) is 42.3 Å². The lowest BCUT2D eigenvalue weighted by atomic mass is 10.1. The Balaban J connectivity index is 1.94. The first-order chi connectivity index (χ1) is 12.0. The Morgan fingerprint density at radius 2 is 1.84 bits per heavy atom. The summed E-state index contributed by atoms with van der Waals surface area (Å²) in [4.78, 5) is 23.0. The van der Waals surface area contributed by atoms with Gasteiger partial charge in [-0.15, -0.1) is 0 Å². The summed E-state index contributed by atoms with van der Waals surface area (Å²) in [5.74, 6) is -0.120. The Bertz CT molecular complexity index is 747. The Labute approximate surface area is 150 Å². The number of benzene rings is 2. The lowest BCUT2D eigenvalue weighted by Crippen LogP contribution is -2.25. The molecule has 0 atom stereocenters. The van der Waals surface area contributed by atoms with Crippen LogP contribution >= 0.6 is 11.6 Å². The molecule has 0 aliphatic heterocycles. The first-order valence-corrected chi connectivity index (χ1v) is 7.99. The Morgan fingerprint density at radius 1 is 1.12 bits per heavy atom. The van der Waals surface area contributed by atoms with Gasteiger partial charge in [0.1, 0.15) is 0 Å². The first kappa shape index (κ1) is 18.6. The maximum Gasteiger partial charge on any atom is 0.255 e. The second-order valence-corrected chi connectivity index (χ2v) is 5.69. The first-order valence-electron chi connectivity index (χ1n) is 7.61. The van der Waals surface area contributed by atoms with Crippen molar-refractivity contribution in [2.24, 2.45) is 5.73 Å². The molecule has 0 saturated heterocycles. The number of ether oxygens (including phenoxy) is 2. The largest absolute Gasteiger partial charge is 0.493 e. The van der Waals surface area contributed by atoms with Gasteiger partial charge in [0.15, 0.2) is 18.1 Å². The monoisotopic (exact) mass is 362 g/mol. The van der Waals surface area contributed by atoms with Gasteiger partial charge in [-0.1, -0.05) is 23.7 Å². The van der Waals surface area contributed by atoms with E-state index in [-0.39, 0.29) is 12.5 Å². The summed E-state index contributed by atoms with van der Waals surface area (Å²) in [6.07, 6.45) is 0.694. The third-order valence-electron chi connectivity index (χ3n) is 3.41. The summed E-state index contributed by atoms with van der Waals surface area (Å²) in [5, 5.41) is 3.52. The summed E-state index contributed by atoms with van der Waals surface area (Å²) in [6, 6.07) is 12.2. The molecule has 132 valence electrons. The molecular weight excluding hydrogens is 344 g/mol. The molecule has 25 heavy (non-hydrogen) atoms. The molecule has 2 aromatic rings. The number of rotatable bonds is 8. The molecule has 0 aliphatic carbocycles. The molecule has 0 fully saturated rings. The van der Waals surface area contributed by atoms with Gasteiger partial charge in [0.05, 0.1) is 7.11 Å². The van der Waals surface area contributed by atoms with Gasteiger partial charge < -0.3 is 20.5 Å². The zero-order valence-electron chi connectivity index (χ0n) is 13.8. The standard InChI is InChI=1S/C18H19ClN2O4/c1-24-16-10-13(4-7-15(16)25-11-17(20)22)18(23)21-9-8-12-2-5-14(19)6-3-12/h2-7,10H,8-9,11H2,1H3,(H2,20,22)(H,21,23). The van der Waals surface area contributed by atoms with E-state index in [1.54, 1.807) is 18.2 Å². The van der Waals surface area contributed by atoms with E-state index in [0.717, 1.165) is 5.56 Å². The van der Waals surface area contributed by atoms with E-state index in [4.69, 9.17) is 26.8 Å². The topological polar surface area (TPSA) is 90.7 Å². The SMILES string of the molecule is COc1cc(C(=O)NCCc2ccc(Cl)cc2)ccc1OCC(N)=O. The summed E-state index contributed by atoms with van der Waals surface area (Å²) in [7, 11) is 1.45. The zero-order valence-corrected chi connectivity index (χ0v) is 14.5. The average molecular weight is 363 g/mol. The zero-order chi connectivity index (χ0) is 18.2. The van der Waals surface area contributed by atoms with Crippen molar-refractivity contribution < 1.29 is 19.1 Å². The molecule has 0 spiro atoms. The van der Waals surface area contributed by atoms with Crippen LogP contribution in [-0.4, -0.2) is 32.1 Å². The van der Waals surface area contributed by atoms with Crippen molar-refractivity contribution in [3.8, 4) is 11.5 Å². The third kappa shape index (κ3) is 5.69. The summed E-state index contributed by atoms with van der Waals surface area (Å²) >= 11 is 5.84. The Kier molecular flexibility index (Phi) is 6.65. The smallest absolute Gasteiger partial charge is 0.255 e. The highest BCUT2D eigenvalue weighted by Crippen LogP contribution is 2.28. The van der Waals surface area contributed by atoms with Crippen molar-refractivity contribution in [2.75, 3.05) is 20.3 Å². The maximum atomic E-state index is 12.2. The minimum atomic E-state index is -0.592. The summed E-state index contributed by atoms with van der Waals surface area (Å²) in [6.45, 7) is 0.228. The van der Waals surface area contributed by atoms with Crippen molar-refractivity contribution in [3.05, 3.63) is 58.6 Å². The molecule has 3 N–H and O–H groups in total. The van der Waals surface area contributed by atoms with Crippen LogP contribution in [0.25, 0.3) is 0 Å². The number of hydrogen-bond donors (Lipinski definition) is 2. The van der Waals surface area contributed by atoms with E-state index >= 15 is 0 Å². The van der Waals surface area contributed by atoms with Crippen molar-refractivity contribution in [3.63, 3.8) is 0 Å². The Hall–Kier alpha value is -2.73. The predicted molar refractivity (Wildman–Crippen MR) is 95.2 cm³/mol. The fourth-order valence-corrected chi connectivity index (χ4v) is 2.28. The third-order valence-corrected chi connectivity index (χ3v) is 3.66. The predicted octanol–water partition coefficient (Wildman–Crippen LogP) is 2.19. The molecule has 0 bridgehead atoms. The van der Waals surface area contributed by atoms with Crippen molar-refractivity contribution in [2.45, 2.75) is 6.42 Å². The van der Waals surface area contributed by atoms with Crippen LogP contribution in [0.3, 0.4) is 0 Å². The number of hydrogen-bond acceptors (Lipinski definition) is 4. The number of amides is 2. The van der Waals surface area contributed by atoms with Crippen molar-refractivity contribution >= 4 is 23.4 Å². The minimum Gasteiger partial charge on any atom is -0.493 e. The van der Waals surface area contributed by atoms with Crippen molar-refractivity contribution in [1.29, 1.82) is 0 Å². The molecule has 0 saturated carbocycles. The normalized spacial score (nSPS) is 10.2. The maximum absolute atomic E-state index is 12.2. The van der Waals surface area contributed by atoms with Gasteiger partial charge in [-0.2, -0.15) is 0 Å². The fourth-order valence-electron chi connectivity index (χ4n) is 2.15. The van der Waals surface area contributed by atoms with E-state index in [1.807, 2.05) is 24.3 Å². The minimum absolute atomic E-state index is 0.228. The van der Waals surface area contributed by atoms with Crippen LogP contribution < -0.4 is 20.5 Å². The van der Waals surface area contributed by atoms with Crippen LogP contribution in [0, 0.1) is 0 Å². The molecule has 2 rings (SSSR count). The van der Waals surface area contributed by atoms with Crippen LogP contribution in [0.2, 0.25) is 5.02 Å². The van der Waals surface area contributed by atoms with Crippen LogP contribution in [0.4, 0.5) is 0 Å². The lowest BCUT2D eigenvalue weighted by molar-refractivity contribution is -0.119. The molecule has 2 aromatic carbocycles. The number of methoxy groups -OCH3 is 1. The van der Waals surface area contributed by atoms with E-state index in [0.29, 0.717) is 35.1 Å². The molecule has 0 aliphatic rings. The van der Waals surface area contributed by atoms with Gasteiger partial charge in [0, 0.05) is 17.1 Å². The number of carbonyl (C=O) groups excluding carboxylic acids is 2. The highest BCUT2D eigenvalue weighted by atomic mass is 35.5. The van der Waals surface area contributed by atoms with E-state index in [9.17, 15) is 9.59 Å². The number of carbonyl (C=O) groups is 2. The summed E-state index contributed by atoms with van der Waals surface area (Å²) in [5.41, 5.74) is 6.56. The summed E-state index contributed by atoms with van der Waals surface area (Å²) < 4.78 is 10.4. The van der Waals surface area contributed by atoms with Crippen LogP contribution in [0.15, 0.2) is 42.5 Å². The fraction of sp³-hybridized carbons (Fsp3) is 0.222. The number of nitrogens with two attached hydrogens (primary N) is 1. The van der Waals surface area contributed by atoms with E-state index in [2.05, 4.69) is 5.32 Å². The van der Waals surface area contributed by atoms with Gasteiger partial charge in [-0.25, -0.2) is 0 Å². The van der Waals surface area contributed by atoms with Crippen LogP contribution in [0.5, 0.6) is 11.5 Å². The quantitative estimate of drug-likeness (QED) is 0.753. The molecule has 0 radical (unpaired) electrons. The van der Waals surface area contributed by atoms with Gasteiger partial charge in [0.2, 0.25) is 0 Å². The molecule has 0 heterocycles. The van der Waals surface area contributed by atoms with Crippen LogP contribution in [-0.2, 0) is 11.2 Å². The molecular formula is C18H19ClN2O4. The highest BCUT2D eigenvalue weighted by Gasteiger charge is 2.11. The number of primary amides is 1. The second-order valence-electron chi connectivity index (χ2n) is 5.25.